The van der Waals surface area contributed by atoms with Crippen LogP contribution in [-0.2, 0) is 5.41 Å². The summed E-state index contributed by atoms with van der Waals surface area (Å²) in [5.41, 5.74) is 15.1. The number of nitrogens with zero attached hydrogens (tertiary/aromatic N) is 3. The van der Waals surface area contributed by atoms with E-state index >= 15 is 0 Å². The molecule has 9 aromatic rings. The molecule has 1 aliphatic carbocycles. The summed E-state index contributed by atoms with van der Waals surface area (Å²) in [5.74, 6) is 1.53. The quantitative estimate of drug-likeness (QED) is 0.183. The Morgan fingerprint density at radius 1 is 0.404 bits per heavy atom. The van der Waals surface area contributed by atoms with Crippen molar-refractivity contribution in [2.45, 2.75) is 19.3 Å². The second-order valence-electron chi connectivity index (χ2n) is 14.3. The van der Waals surface area contributed by atoms with E-state index in [2.05, 4.69) is 176 Å². The fraction of sp³-hybridized carbons (Fsp3) is 0.0612. The molecule has 3 nitrogen and oxygen atoms in total. The maximum absolute atomic E-state index is 5.30. The molecule has 52 heavy (non-hydrogen) atoms. The lowest BCUT2D eigenvalue weighted by molar-refractivity contribution is 0.660. The topological polar surface area (TPSA) is 30.7 Å². The van der Waals surface area contributed by atoms with Crippen molar-refractivity contribution in [2.24, 2.45) is 0 Å². The van der Waals surface area contributed by atoms with Gasteiger partial charge in [0, 0.05) is 33.4 Å². The number of hydrogen-bond acceptors (Lipinski definition) is 2. The van der Waals surface area contributed by atoms with Crippen molar-refractivity contribution in [3.05, 3.63) is 187 Å². The molecule has 0 unspecified atom stereocenters. The van der Waals surface area contributed by atoms with Crippen LogP contribution in [0.5, 0.6) is 0 Å². The zero-order valence-electron chi connectivity index (χ0n) is 29.1. The largest absolute Gasteiger partial charge is 0.294 e. The number of fused-ring (bicyclic) bond motifs is 6. The fourth-order valence-corrected chi connectivity index (χ4v) is 8.21. The third-order valence-electron chi connectivity index (χ3n) is 10.8. The zero-order valence-corrected chi connectivity index (χ0v) is 29.1. The fourth-order valence-electron chi connectivity index (χ4n) is 8.21. The predicted octanol–water partition coefficient (Wildman–Crippen LogP) is 12.5. The van der Waals surface area contributed by atoms with Gasteiger partial charge in [-0.15, -0.1) is 0 Å². The van der Waals surface area contributed by atoms with Crippen molar-refractivity contribution in [3.63, 3.8) is 0 Å². The Morgan fingerprint density at radius 3 is 1.67 bits per heavy atom. The van der Waals surface area contributed by atoms with Crippen molar-refractivity contribution in [2.75, 3.05) is 0 Å². The van der Waals surface area contributed by atoms with Gasteiger partial charge in [-0.1, -0.05) is 147 Å². The summed E-state index contributed by atoms with van der Waals surface area (Å²) in [4.78, 5) is 10.6. The van der Waals surface area contributed by atoms with Gasteiger partial charge in [-0.25, -0.2) is 9.97 Å². The third-order valence-corrected chi connectivity index (χ3v) is 10.8. The molecule has 10 rings (SSSR count). The standard InChI is InChI=1S/C49H35N3/c1-49(2)42-22-12-9-19-38(42)39-26-25-34(30-43(39)49)36-27-35(32-15-5-3-6-16-32)28-37(29-36)44-31-47(51-48(50-44)33-17-7-4-8-18-33)52-45-23-13-10-20-40(45)41-21-11-14-24-46(41)52/h3-31H,1-2H3. The Labute approximate surface area is 303 Å². The van der Waals surface area contributed by atoms with Crippen LogP contribution in [0.15, 0.2) is 176 Å². The minimum absolute atomic E-state index is 0.0870. The molecule has 1 aliphatic rings. The monoisotopic (exact) mass is 665 g/mol. The van der Waals surface area contributed by atoms with Crippen LogP contribution in [0.25, 0.3) is 83.6 Å². The summed E-state index contributed by atoms with van der Waals surface area (Å²) in [6, 6.07) is 63.0. The van der Waals surface area contributed by atoms with Crippen LogP contribution in [0.4, 0.5) is 0 Å². The molecule has 0 fully saturated rings. The van der Waals surface area contributed by atoms with Gasteiger partial charge in [0.25, 0.3) is 0 Å². The summed E-state index contributed by atoms with van der Waals surface area (Å²) in [6.07, 6.45) is 0. The molecule has 2 heterocycles. The van der Waals surface area contributed by atoms with E-state index in [0.29, 0.717) is 5.82 Å². The predicted molar refractivity (Wildman–Crippen MR) is 216 cm³/mol. The summed E-state index contributed by atoms with van der Waals surface area (Å²) in [7, 11) is 0. The Hall–Kier alpha value is -6.58. The molecule has 0 spiro atoms. The first kappa shape index (κ1) is 30.3. The van der Waals surface area contributed by atoms with E-state index in [9.17, 15) is 0 Å². The normalized spacial score (nSPS) is 13.0. The molecular weight excluding hydrogens is 631 g/mol. The number of para-hydroxylation sites is 2. The minimum atomic E-state index is -0.0870. The van der Waals surface area contributed by atoms with E-state index in [-0.39, 0.29) is 5.41 Å². The number of hydrogen-bond donors (Lipinski definition) is 0. The molecule has 3 heteroatoms. The van der Waals surface area contributed by atoms with Crippen LogP contribution in [0, 0.1) is 0 Å². The molecule has 0 N–H and O–H groups in total. The summed E-state index contributed by atoms with van der Waals surface area (Å²) in [5, 5.41) is 2.41. The van der Waals surface area contributed by atoms with E-state index < -0.39 is 0 Å². The molecule has 0 saturated heterocycles. The molecule has 2 aromatic heterocycles. The van der Waals surface area contributed by atoms with Gasteiger partial charge in [-0.3, -0.25) is 4.57 Å². The average Bonchev–Trinajstić information content (AvgIpc) is 3.66. The second-order valence-corrected chi connectivity index (χ2v) is 14.3. The van der Waals surface area contributed by atoms with Crippen LogP contribution < -0.4 is 0 Å². The Balaban J connectivity index is 1.21. The number of rotatable bonds is 5. The summed E-state index contributed by atoms with van der Waals surface area (Å²) in [6.45, 7) is 4.69. The van der Waals surface area contributed by atoms with E-state index in [1.54, 1.807) is 0 Å². The minimum Gasteiger partial charge on any atom is -0.294 e. The van der Waals surface area contributed by atoms with Gasteiger partial charge in [0.2, 0.25) is 0 Å². The van der Waals surface area contributed by atoms with Gasteiger partial charge < -0.3 is 0 Å². The number of aromatic nitrogens is 3. The average molecular weight is 666 g/mol. The van der Waals surface area contributed by atoms with Gasteiger partial charge in [0.1, 0.15) is 5.82 Å². The van der Waals surface area contributed by atoms with Crippen LogP contribution in [0.1, 0.15) is 25.0 Å². The Kier molecular flexibility index (Phi) is 6.84. The molecule has 0 radical (unpaired) electrons. The van der Waals surface area contributed by atoms with Crippen LogP contribution in [0.2, 0.25) is 0 Å². The van der Waals surface area contributed by atoms with E-state index in [0.717, 1.165) is 44.8 Å². The highest BCUT2D eigenvalue weighted by Crippen LogP contribution is 2.50. The van der Waals surface area contributed by atoms with Gasteiger partial charge in [-0.2, -0.15) is 0 Å². The Morgan fingerprint density at radius 2 is 0.962 bits per heavy atom. The lowest BCUT2D eigenvalue weighted by atomic mass is 9.81. The lowest BCUT2D eigenvalue weighted by Gasteiger charge is -2.22. The van der Waals surface area contributed by atoms with Crippen molar-refractivity contribution < 1.29 is 0 Å². The van der Waals surface area contributed by atoms with Crippen molar-refractivity contribution in [3.8, 4) is 61.8 Å². The summed E-state index contributed by atoms with van der Waals surface area (Å²) >= 11 is 0. The molecule has 0 bridgehead atoms. The Bertz CT molecular complexity index is 2760. The second kappa shape index (κ2) is 11.8. The maximum Gasteiger partial charge on any atom is 0.162 e. The smallest absolute Gasteiger partial charge is 0.162 e. The highest BCUT2D eigenvalue weighted by atomic mass is 15.1. The van der Waals surface area contributed by atoms with E-state index in [1.807, 2.05) is 18.2 Å². The third kappa shape index (κ3) is 4.81. The molecule has 0 atom stereocenters. The van der Waals surface area contributed by atoms with Gasteiger partial charge in [-0.05, 0) is 80.9 Å². The summed E-state index contributed by atoms with van der Waals surface area (Å²) < 4.78 is 2.28. The first-order valence-corrected chi connectivity index (χ1v) is 17.9. The van der Waals surface area contributed by atoms with Crippen LogP contribution in [0.3, 0.4) is 0 Å². The zero-order chi connectivity index (χ0) is 34.8. The molecule has 246 valence electrons. The molecule has 0 aliphatic heterocycles. The molecule has 0 saturated carbocycles. The van der Waals surface area contributed by atoms with Gasteiger partial charge in [0.05, 0.1) is 16.7 Å². The maximum atomic E-state index is 5.30. The van der Waals surface area contributed by atoms with E-state index in [4.69, 9.17) is 9.97 Å². The first-order valence-electron chi connectivity index (χ1n) is 17.9. The lowest BCUT2D eigenvalue weighted by Crippen LogP contribution is -2.14. The SMILES string of the molecule is CC1(C)c2ccccc2-c2ccc(-c3cc(-c4ccccc4)cc(-c4cc(-n5c6ccccc6c6ccccc65)nc(-c5ccccc5)n4)c3)cc21. The van der Waals surface area contributed by atoms with Gasteiger partial charge >= 0.3 is 0 Å². The van der Waals surface area contributed by atoms with E-state index in [1.165, 1.54) is 44.2 Å². The van der Waals surface area contributed by atoms with Crippen LogP contribution in [-0.4, -0.2) is 14.5 Å². The molecular formula is C49H35N3. The highest BCUT2D eigenvalue weighted by molar-refractivity contribution is 6.09. The highest BCUT2D eigenvalue weighted by Gasteiger charge is 2.35. The van der Waals surface area contributed by atoms with Crippen LogP contribution >= 0.6 is 0 Å². The van der Waals surface area contributed by atoms with Crippen molar-refractivity contribution in [1.29, 1.82) is 0 Å². The van der Waals surface area contributed by atoms with Gasteiger partial charge in [0.15, 0.2) is 5.82 Å². The number of benzene rings is 7. The van der Waals surface area contributed by atoms with Crippen molar-refractivity contribution in [1.82, 2.24) is 14.5 Å². The molecule has 0 amide bonds. The van der Waals surface area contributed by atoms with Crippen molar-refractivity contribution >= 4 is 21.8 Å². The first-order chi connectivity index (χ1) is 25.5. The molecule has 7 aromatic carbocycles.